The van der Waals surface area contributed by atoms with Crippen molar-refractivity contribution in [2.45, 2.75) is 4.90 Å². The Bertz CT molecular complexity index is 591. The van der Waals surface area contributed by atoms with Crippen LogP contribution in [0, 0.1) is 5.92 Å². The molecular formula is C10H12BrNO5S2. The van der Waals surface area contributed by atoms with Crippen LogP contribution in [0.4, 0.5) is 0 Å². The molecular weight excluding hydrogens is 358 g/mol. The number of nitrogens with zero attached hydrogens (tertiary/aromatic N) is 1. The minimum atomic E-state index is -3.62. The molecule has 1 fully saturated rings. The van der Waals surface area contributed by atoms with E-state index in [1.165, 1.54) is 17.5 Å². The molecule has 0 aliphatic carbocycles. The van der Waals surface area contributed by atoms with Gasteiger partial charge >= 0.3 is 5.97 Å². The van der Waals surface area contributed by atoms with E-state index in [4.69, 9.17) is 5.11 Å². The van der Waals surface area contributed by atoms with Crippen molar-refractivity contribution in [1.82, 2.24) is 4.31 Å². The van der Waals surface area contributed by atoms with Crippen molar-refractivity contribution in [3.63, 3.8) is 0 Å². The van der Waals surface area contributed by atoms with Crippen LogP contribution in [0.25, 0.3) is 0 Å². The van der Waals surface area contributed by atoms with E-state index in [0.717, 1.165) is 11.3 Å². The zero-order valence-corrected chi connectivity index (χ0v) is 13.2. The number of methoxy groups -OCH3 is 1. The van der Waals surface area contributed by atoms with Gasteiger partial charge in [-0.05, 0) is 22.0 Å². The topological polar surface area (TPSA) is 83.9 Å². The highest BCUT2D eigenvalue weighted by molar-refractivity contribution is 9.11. The van der Waals surface area contributed by atoms with Gasteiger partial charge in [0.25, 0.3) is 0 Å². The molecule has 0 amide bonds. The summed E-state index contributed by atoms with van der Waals surface area (Å²) < 4.78 is 30.8. The number of sulfonamides is 1. The van der Waals surface area contributed by atoms with E-state index in [9.17, 15) is 13.2 Å². The van der Waals surface area contributed by atoms with Crippen LogP contribution in [0.1, 0.15) is 9.67 Å². The second-order valence-electron chi connectivity index (χ2n) is 4.11. The van der Waals surface area contributed by atoms with Gasteiger partial charge < -0.3 is 9.84 Å². The van der Waals surface area contributed by atoms with Crippen molar-refractivity contribution in [2.75, 3.05) is 26.8 Å². The third-order valence-corrected chi connectivity index (χ3v) is 6.91. The third kappa shape index (κ3) is 2.70. The van der Waals surface area contributed by atoms with Gasteiger partial charge in [-0.25, -0.2) is 13.2 Å². The first-order valence-electron chi connectivity index (χ1n) is 5.38. The van der Waals surface area contributed by atoms with Gasteiger partial charge in [-0.15, -0.1) is 11.3 Å². The second-order valence-corrected chi connectivity index (χ2v) is 8.39. The van der Waals surface area contributed by atoms with Crippen molar-refractivity contribution >= 4 is 43.3 Å². The van der Waals surface area contributed by atoms with Crippen LogP contribution in [-0.2, 0) is 14.8 Å². The van der Waals surface area contributed by atoms with E-state index in [1.807, 2.05) is 0 Å². The standard InChI is InChI=1S/C10H12BrNO5S2/c1-17-10(14)7-2-8(9(11)18-7)19(15,16)12-3-6(4-12)5-13/h2,6,13H,3-5H2,1H3. The lowest BCUT2D eigenvalue weighted by Crippen LogP contribution is -2.51. The van der Waals surface area contributed by atoms with Crippen LogP contribution in [-0.4, -0.2) is 50.6 Å². The van der Waals surface area contributed by atoms with E-state index < -0.39 is 16.0 Å². The molecule has 106 valence electrons. The fourth-order valence-corrected chi connectivity index (χ4v) is 5.73. The number of hydrogen-bond acceptors (Lipinski definition) is 6. The molecule has 1 N–H and O–H groups in total. The first kappa shape index (κ1) is 14.9. The van der Waals surface area contributed by atoms with Crippen LogP contribution in [0.15, 0.2) is 14.7 Å². The summed E-state index contributed by atoms with van der Waals surface area (Å²) in [6.45, 7) is 0.577. The Hall–Kier alpha value is -0.480. The minimum Gasteiger partial charge on any atom is -0.465 e. The lowest BCUT2D eigenvalue weighted by Gasteiger charge is -2.36. The summed E-state index contributed by atoms with van der Waals surface area (Å²) in [7, 11) is -2.38. The molecule has 1 aliphatic heterocycles. The van der Waals surface area contributed by atoms with Crippen LogP contribution in [0.2, 0.25) is 0 Å². The van der Waals surface area contributed by atoms with Gasteiger partial charge in [0, 0.05) is 25.6 Å². The number of esters is 1. The predicted octanol–water partition coefficient (Wildman–Crippen LogP) is 0.910. The van der Waals surface area contributed by atoms with E-state index in [0.29, 0.717) is 16.9 Å². The van der Waals surface area contributed by atoms with E-state index in [1.54, 1.807) is 0 Å². The van der Waals surface area contributed by atoms with Crippen molar-refractivity contribution in [3.05, 3.63) is 14.7 Å². The maximum Gasteiger partial charge on any atom is 0.348 e. The first-order chi connectivity index (χ1) is 8.90. The molecule has 0 spiro atoms. The van der Waals surface area contributed by atoms with E-state index >= 15 is 0 Å². The van der Waals surface area contributed by atoms with Crippen LogP contribution < -0.4 is 0 Å². The zero-order chi connectivity index (χ0) is 14.2. The summed E-state index contributed by atoms with van der Waals surface area (Å²) in [6.07, 6.45) is 0. The number of thiophene rings is 1. The molecule has 9 heteroatoms. The lowest BCUT2D eigenvalue weighted by molar-refractivity contribution is 0.0606. The van der Waals surface area contributed by atoms with Crippen molar-refractivity contribution in [2.24, 2.45) is 5.92 Å². The maximum absolute atomic E-state index is 12.3. The minimum absolute atomic E-state index is 0.00716. The number of carbonyl (C=O) groups is 1. The quantitative estimate of drug-likeness (QED) is 0.797. The Morgan fingerprint density at radius 1 is 1.63 bits per heavy atom. The molecule has 2 rings (SSSR count). The average molecular weight is 370 g/mol. The number of hydrogen-bond donors (Lipinski definition) is 1. The molecule has 0 atom stereocenters. The fraction of sp³-hybridized carbons (Fsp3) is 0.500. The Kier molecular flexibility index (Phi) is 4.31. The molecule has 0 saturated carbocycles. The molecule has 1 aromatic rings. The summed E-state index contributed by atoms with van der Waals surface area (Å²) >= 11 is 4.18. The molecule has 2 heterocycles. The van der Waals surface area contributed by atoms with Crippen LogP contribution >= 0.6 is 27.3 Å². The average Bonchev–Trinajstić information content (AvgIpc) is 2.69. The second kappa shape index (κ2) is 5.49. The third-order valence-electron chi connectivity index (χ3n) is 2.84. The van der Waals surface area contributed by atoms with Crippen molar-refractivity contribution in [3.8, 4) is 0 Å². The Labute approximate surface area is 123 Å². The van der Waals surface area contributed by atoms with Gasteiger partial charge in [-0.3, -0.25) is 0 Å². The summed E-state index contributed by atoms with van der Waals surface area (Å²) in [5, 5.41) is 8.91. The Morgan fingerprint density at radius 3 is 2.79 bits per heavy atom. The summed E-state index contributed by atoms with van der Waals surface area (Å²) in [5.41, 5.74) is 0. The van der Waals surface area contributed by atoms with Gasteiger partial charge in [0.2, 0.25) is 10.0 Å². The Morgan fingerprint density at radius 2 is 2.26 bits per heavy atom. The number of carbonyl (C=O) groups excluding carboxylic acids is 1. The molecule has 0 unspecified atom stereocenters. The number of ether oxygens (including phenoxy) is 1. The molecule has 1 aromatic heterocycles. The smallest absolute Gasteiger partial charge is 0.348 e. The highest BCUT2D eigenvalue weighted by Gasteiger charge is 2.38. The Balaban J connectivity index is 2.27. The van der Waals surface area contributed by atoms with E-state index in [2.05, 4.69) is 20.7 Å². The first-order valence-corrected chi connectivity index (χ1v) is 8.43. The van der Waals surface area contributed by atoms with Gasteiger partial charge in [0.05, 0.1) is 10.9 Å². The van der Waals surface area contributed by atoms with Gasteiger partial charge in [0.1, 0.15) is 9.77 Å². The predicted molar refractivity (Wildman–Crippen MR) is 72.7 cm³/mol. The van der Waals surface area contributed by atoms with Crippen molar-refractivity contribution < 1.29 is 23.1 Å². The van der Waals surface area contributed by atoms with E-state index in [-0.39, 0.29) is 22.3 Å². The molecule has 0 aromatic carbocycles. The normalized spacial score (nSPS) is 17.2. The number of aliphatic hydroxyl groups excluding tert-OH is 1. The van der Waals surface area contributed by atoms with Gasteiger partial charge in [-0.2, -0.15) is 4.31 Å². The van der Waals surface area contributed by atoms with Crippen molar-refractivity contribution in [1.29, 1.82) is 0 Å². The number of rotatable bonds is 4. The van der Waals surface area contributed by atoms with Crippen LogP contribution in [0.3, 0.4) is 0 Å². The van der Waals surface area contributed by atoms with Gasteiger partial charge in [0.15, 0.2) is 0 Å². The SMILES string of the molecule is COC(=O)c1cc(S(=O)(=O)N2CC(CO)C2)c(Br)s1. The fourth-order valence-electron chi connectivity index (χ4n) is 1.70. The van der Waals surface area contributed by atoms with Gasteiger partial charge in [-0.1, -0.05) is 0 Å². The summed E-state index contributed by atoms with van der Waals surface area (Å²) in [5.74, 6) is -0.573. The monoisotopic (exact) mass is 369 g/mol. The molecule has 6 nitrogen and oxygen atoms in total. The van der Waals surface area contributed by atoms with Crippen LogP contribution in [0.5, 0.6) is 0 Å². The highest BCUT2D eigenvalue weighted by atomic mass is 79.9. The number of halogens is 1. The molecule has 19 heavy (non-hydrogen) atoms. The molecule has 1 aliphatic rings. The molecule has 1 saturated heterocycles. The summed E-state index contributed by atoms with van der Waals surface area (Å²) in [6, 6.07) is 1.31. The number of aliphatic hydroxyl groups is 1. The summed E-state index contributed by atoms with van der Waals surface area (Å²) in [4.78, 5) is 11.7. The lowest BCUT2D eigenvalue weighted by atomic mass is 10.1. The maximum atomic E-state index is 12.3. The zero-order valence-electron chi connectivity index (χ0n) is 10.00. The molecule has 0 bridgehead atoms. The highest BCUT2D eigenvalue weighted by Crippen LogP contribution is 2.35. The largest absolute Gasteiger partial charge is 0.465 e. The molecule has 0 radical (unpaired) electrons.